The van der Waals surface area contributed by atoms with Gasteiger partial charge >= 0.3 is 0 Å². The predicted octanol–water partition coefficient (Wildman–Crippen LogP) is 4.52. The molecule has 0 bridgehead atoms. The highest BCUT2D eigenvalue weighted by Gasteiger charge is 2.19. The van der Waals surface area contributed by atoms with Gasteiger partial charge in [-0.05, 0) is 41.8 Å². The van der Waals surface area contributed by atoms with E-state index in [-0.39, 0.29) is 11.9 Å². The van der Waals surface area contributed by atoms with E-state index in [1.54, 1.807) is 0 Å². The van der Waals surface area contributed by atoms with E-state index in [4.69, 9.17) is 16.1 Å². The average molecular weight is 396 g/mol. The maximum Gasteiger partial charge on any atom is 0.181 e. The zero-order valence-corrected chi connectivity index (χ0v) is 16.8. The molecular formula is C24H24N6. The lowest BCUT2D eigenvalue weighted by Crippen LogP contribution is -2.15. The van der Waals surface area contributed by atoms with E-state index in [0.29, 0.717) is 11.4 Å². The van der Waals surface area contributed by atoms with Crippen molar-refractivity contribution in [2.24, 2.45) is 5.73 Å². The Morgan fingerprint density at radius 2 is 1.80 bits per heavy atom. The number of benzene rings is 3. The molecule has 0 amide bonds. The summed E-state index contributed by atoms with van der Waals surface area (Å²) >= 11 is 0. The number of aromatic nitrogens is 3. The second kappa shape index (κ2) is 8.61. The Hall–Kier alpha value is -3.93. The number of H-pyrrole nitrogens is 1. The van der Waals surface area contributed by atoms with E-state index >= 15 is 0 Å². The maximum absolute atomic E-state index is 7.58. The van der Waals surface area contributed by atoms with E-state index in [2.05, 4.69) is 46.7 Å². The lowest BCUT2D eigenvalue weighted by Gasteiger charge is -2.19. The molecule has 0 radical (unpaired) electrons. The molecule has 0 aliphatic carbocycles. The zero-order chi connectivity index (χ0) is 20.9. The van der Waals surface area contributed by atoms with E-state index in [9.17, 15) is 0 Å². The first kappa shape index (κ1) is 19.4. The molecule has 0 aliphatic heterocycles. The van der Waals surface area contributed by atoms with Crippen LogP contribution in [-0.2, 0) is 6.42 Å². The molecule has 4 aromatic rings. The number of hydrogen-bond acceptors (Lipinski definition) is 4. The molecule has 0 saturated carbocycles. The summed E-state index contributed by atoms with van der Waals surface area (Å²) in [6, 6.07) is 25.7. The Morgan fingerprint density at radius 1 is 1.03 bits per heavy atom. The molecule has 3 aromatic carbocycles. The lowest BCUT2D eigenvalue weighted by molar-refractivity contribution is 0.834. The lowest BCUT2D eigenvalue weighted by atomic mass is 10.0. The number of nitrogens with two attached hydrogens (primary N) is 1. The number of nitrogens with zero attached hydrogens (tertiary/aromatic N) is 2. The summed E-state index contributed by atoms with van der Waals surface area (Å²) in [5.41, 5.74) is 10.5. The van der Waals surface area contributed by atoms with Crippen molar-refractivity contribution in [3.8, 4) is 11.4 Å². The molecule has 5 N–H and O–H groups in total. The van der Waals surface area contributed by atoms with Crippen LogP contribution in [0.4, 0.5) is 5.69 Å². The number of hydrogen-bond donors (Lipinski definition) is 4. The van der Waals surface area contributed by atoms with Crippen molar-refractivity contribution >= 4 is 11.5 Å². The van der Waals surface area contributed by atoms with Crippen molar-refractivity contribution in [1.29, 1.82) is 5.41 Å². The summed E-state index contributed by atoms with van der Waals surface area (Å²) in [7, 11) is 0. The number of aryl methyl sites for hydroxylation is 1. The van der Waals surface area contributed by atoms with Crippen molar-refractivity contribution in [3.05, 3.63) is 101 Å². The van der Waals surface area contributed by atoms with Crippen LogP contribution >= 0.6 is 0 Å². The van der Waals surface area contributed by atoms with Gasteiger partial charge in [-0.3, -0.25) is 10.5 Å². The van der Waals surface area contributed by atoms with E-state index < -0.39 is 0 Å². The SMILES string of the molecule is CCc1cccc(C(Nc2ccc(C(=N)N)cc2)c2nc(-c3ccccc3)n[nH]2)c1. The standard InChI is InChI=1S/C24H24N6/c1-2-16-7-6-10-19(15-16)21(27-20-13-11-17(12-14-20)22(25)26)24-28-23(29-30-24)18-8-4-3-5-9-18/h3-15,21,27H,2H2,1H3,(H3,25,26)(H,28,29,30). The fourth-order valence-electron chi connectivity index (χ4n) is 3.33. The molecule has 4 rings (SSSR count). The Labute approximate surface area is 175 Å². The van der Waals surface area contributed by atoms with E-state index in [1.165, 1.54) is 5.56 Å². The fraction of sp³-hybridized carbons (Fsp3) is 0.125. The van der Waals surface area contributed by atoms with Crippen LogP contribution in [0.2, 0.25) is 0 Å². The largest absolute Gasteiger partial charge is 0.384 e. The normalized spacial score (nSPS) is 11.8. The minimum absolute atomic E-state index is 0.0523. The topological polar surface area (TPSA) is 103 Å². The van der Waals surface area contributed by atoms with Gasteiger partial charge in [-0.15, -0.1) is 0 Å². The van der Waals surface area contributed by atoms with Gasteiger partial charge in [-0.1, -0.05) is 61.5 Å². The van der Waals surface area contributed by atoms with Crippen molar-refractivity contribution in [2.75, 3.05) is 5.32 Å². The summed E-state index contributed by atoms with van der Waals surface area (Å²) in [5, 5.41) is 18.7. The highest BCUT2D eigenvalue weighted by molar-refractivity contribution is 5.95. The minimum atomic E-state index is -0.204. The van der Waals surface area contributed by atoms with Gasteiger partial charge in [0.1, 0.15) is 11.9 Å². The van der Waals surface area contributed by atoms with Crippen LogP contribution in [-0.4, -0.2) is 21.0 Å². The van der Waals surface area contributed by atoms with E-state index in [1.807, 2.05) is 54.6 Å². The van der Waals surface area contributed by atoms with Crippen molar-refractivity contribution in [3.63, 3.8) is 0 Å². The molecule has 0 spiro atoms. The van der Waals surface area contributed by atoms with Gasteiger partial charge in [-0.2, -0.15) is 5.10 Å². The number of anilines is 1. The monoisotopic (exact) mass is 396 g/mol. The van der Waals surface area contributed by atoms with Crippen LogP contribution in [0.1, 0.15) is 35.5 Å². The van der Waals surface area contributed by atoms with Gasteiger partial charge in [0.15, 0.2) is 11.6 Å². The van der Waals surface area contributed by atoms with E-state index in [0.717, 1.165) is 29.1 Å². The zero-order valence-electron chi connectivity index (χ0n) is 16.8. The third-order valence-corrected chi connectivity index (χ3v) is 5.01. The Bertz CT molecular complexity index is 1130. The highest BCUT2D eigenvalue weighted by atomic mass is 15.2. The number of nitrogens with one attached hydrogen (secondary N) is 3. The molecule has 6 nitrogen and oxygen atoms in total. The highest BCUT2D eigenvalue weighted by Crippen LogP contribution is 2.27. The van der Waals surface area contributed by atoms with Crippen LogP contribution < -0.4 is 11.1 Å². The van der Waals surface area contributed by atoms with Gasteiger partial charge in [0, 0.05) is 16.8 Å². The van der Waals surface area contributed by atoms with Crippen LogP contribution in [0.3, 0.4) is 0 Å². The summed E-state index contributed by atoms with van der Waals surface area (Å²) in [4.78, 5) is 4.77. The maximum atomic E-state index is 7.58. The average Bonchev–Trinajstić information content (AvgIpc) is 3.28. The number of amidine groups is 1. The Morgan fingerprint density at radius 3 is 2.50 bits per heavy atom. The molecule has 6 heteroatoms. The second-order valence-corrected chi connectivity index (χ2v) is 7.08. The van der Waals surface area contributed by atoms with Gasteiger partial charge in [0.25, 0.3) is 0 Å². The third-order valence-electron chi connectivity index (χ3n) is 5.01. The van der Waals surface area contributed by atoms with Gasteiger partial charge in [-0.25, -0.2) is 4.98 Å². The molecule has 1 atom stereocenters. The smallest absolute Gasteiger partial charge is 0.181 e. The summed E-state index contributed by atoms with van der Waals surface area (Å²) in [6.07, 6.45) is 0.958. The molecule has 0 saturated heterocycles. The number of aromatic amines is 1. The molecule has 1 aromatic heterocycles. The van der Waals surface area contributed by atoms with Crippen molar-refractivity contribution < 1.29 is 0 Å². The molecule has 0 fully saturated rings. The predicted molar refractivity (Wildman–Crippen MR) is 121 cm³/mol. The molecule has 150 valence electrons. The quantitative estimate of drug-likeness (QED) is 0.272. The molecule has 1 heterocycles. The van der Waals surface area contributed by atoms with Gasteiger partial charge in [0.2, 0.25) is 0 Å². The molecule has 1 unspecified atom stereocenters. The van der Waals surface area contributed by atoms with Crippen LogP contribution in [0.5, 0.6) is 0 Å². The summed E-state index contributed by atoms with van der Waals surface area (Å²) in [5.74, 6) is 1.45. The first-order chi connectivity index (χ1) is 14.6. The van der Waals surface area contributed by atoms with Crippen molar-refractivity contribution in [1.82, 2.24) is 15.2 Å². The summed E-state index contributed by atoms with van der Waals surface area (Å²) < 4.78 is 0. The Balaban J connectivity index is 1.70. The number of nitrogen functional groups attached to an aromatic ring is 1. The first-order valence-corrected chi connectivity index (χ1v) is 9.91. The second-order valence-electron chi connectivity index (χ2n) is 7.08. The first-order valence-electron chi connectivity index (χ1n) is 9.91. The van der Waals surface area contributed by atoms with Crippen LogP contribution in [0.25, 0.3) is 11.4 Å². The Kier molecular flexibility index (Phi) is 5.57. The van der Waals surface area contributed by atoms with Gasteiger partial charge < -0.3 is 11.1 Å². The third kappa shape index (κ3) is 4.22. The van der Waals surface area contributed by atoms with Gasteiger partial charge in [0.05, 0.1) is 0 Å². The molecule has 30 heavy (non-hydrogen) atoms. The molecule has 0 aliphatic rings. The fourth-order valence-corrected chi connectivity index (χ4v) is 3.33. The van der Waals surface area contributed by atoms with Crippen LogP contribution in [0.15, 0.2) is 78.9 Å². The van der Waals surface area contributed by atoms with Crippen LogP contribution in [0, 0.1) is 5.41 Å². The minimum Gasteiger partial charge on any atom is -0.384 e. The molecular weight excluding hydrogens is 372 g/mol. The number of rotatable bonds is 7. The van der Waals surface area contributed by atoms with Crippen molar-refractivity contribution in [2.45, 2.75) is 19.4 Å². The summed E-state index contributed by atoms with van der Waals surface area (Å²) in [6.45, 7) is 2.14.